The second kappa shape index (κ2) is 10.9. The van der Waals surface area contributed by atoms with E-state index in [4.69, 9.17) is 0 Å². The van der Waals surface area contributed by atoms with Gasteiger partial charge in [-0.2, -0.15) is 15.0 Å². The number of imidazole rings is 1. The second-order valence-electron chi connectivity index (χ2n) is 7.47. The van der Waals surface area contributed by atoms with Crippen LogP contribution in [0.1, 0.15) is 35.1 Å². The lowest BCUT2D eigenvalue weighted by Gasteiger charge is -2.10. The number of anilines is 3. The molecule has 3 aromatic heterocycles. The zero-order valence-corrected chi connectivity index (χ0v) is 18.5. The average Bonchev–Trinajstić information content (AvgIpc) is 3.36. The molecule has 0 atom stereocenters. The SMILES string of the molecule is CCc1nc(NCCCn2ccnc2)nc(Nc2cc(C(=O)Cc3ccccc3)ccn2)n1. The molecule has 3 heterocycles. The maximum Gasteiger partial charge on any atom is 0.233 e. The minimum Gasteiger partial charge on any atom is -0.354 e. The fraction of sp³-hybridized carbons (Fsp3) is 0.250. The van der Waals surface area contributed by atoms with Crippen LogP contribution < -0.4 is 10.6 Å². The molecular weight excluding hydrogens is 416 g/mol. The van der Waals surface area contributed by atoms with Crippen molar-refractivity contribution in [2.24, 2.45) is 0 Å². The molecule has 0 unspecified atom stereocenters. The maximum atomic E-state index is 12.7. The van der Waals surface area contributed by atoms with Gasteiger partial charge in [-0.05, 0) is 24.1 Å². The number of aromatic nitrogens is 6. The Labute approximate surface area is 192 Å². The summed E-state index contributed by atoms with van der Waals surface area (Å²) in [6.07, 6.45) is 9.02. The maximum absolute atomic E-state index is 12.7. The first-order chi connectivity index (χ1) is 16.2. The molecule has 33 heavy (non-hydrogen) atoms. The van der Waals surface area contributed by atoms with Gasteiger partial charge >= 0.3 is 0 Å². The first kappa shape index (κ1) is 22.1. The lowest BCUT2D eigenvalue weighted by atomic mass is 10.0. The number of carbonyl (C=O) groups excluding carboxylic acids is 1. The molecular formula is C24H26N8O. The van der Waals surface area contributed by atoms with Crippen molar-refractivity contribution < 1.29 is 4.79 Å². The summed E-state index contributed by atoms with van der Waals surface area (Å²) in [5.74, 6) is 2.09. The summed E-state index contributed by atoms with van der Waals surface area (Å²) in [6.45, 7) is 3.56. The first-order valence-corrected chi connectivity index (χ1v) is 10.9. The van der Waals surface area contributed by atoms with Crippen molar-refractivity contribution in [2.75, 3.05) is 17.2 Å². The fourth-order valence-corrected chi connectivity index (χ4v) is 3.26. The number of Topliss-reactive ketones (excluding diaryl/α,β-unsaturated/α-hetero) is 1. The summed E-state index contributed by atoms with van der Waals surface area (Å²) >= 11 is 0. The van der Waals surface area contributed by atoms with Crippen LogP contribution in [-0.2, 0) is 19.4 Å². The Morgan fingerprint density at radius 2 is 1.88 bits per heavy atom. The predicted molar refractivity (Wildman–Crippen MR) is 127 cm³/mol. The van der Waals surface area contributed by atoms with Crippen molar-refractivity contribution in [2.45, 2.75) is 32.7 Å². The van der Waals surface area contributed by atoms with Crippen LogP contribution in [0.5, 0.6) is 0 Å². The molecule has 4 aromatic rings. The van der Waals surface area contributed by atoms with Crippen molar-refractivity contribution in [1.82, 2.24) is 29.5 Å². The van der Waals surface area contributed by atoms with E-state index < -0.39 is 0 Å². The molecule has 0 spiro atoms. The predicted octanol–water partition coefficient (Wildman–Crippen LogP) is 3.70. The van der Waals surface area contributed by atoms with E-state index in [2.05, 4.69) is 35.6 Å². The van der Waals surface area contributed by atoms with Crippen molar-refractivity contribution in [3.05, 3.63) is 84.3 Å². The first-order valence-electron chi connectivity index (χ1n) is 10.9. The Bertz CT molecular complexity index is 1180. The number of benzene rings is 1. The summed E-state index contributed by atoms with van der Waals surface area (Å²) in [7, 11) is 0. The molecule has 0 aliphatic rings. The number of nitrogens with one attached hydrogen (secondary N) is 2. The van der Waals surface area contributed by atoms with Crippen LogP contribution in [0.4, 0.5) is 17.7 Å². The molecule has 0 amide bonds. The van der Waals surface area contributed by atoms with Crippen molar-refractivity contribution >= 4 is 23.5 Å². The summed E-state index contributed by atoms with van der Waals surface area (Å²) < 4.78 is 2.03. The van der Waals surface area contributed by atoms with E-state index in [1.807, 2.05) is 48.0 Å². The lowest BCUT2D eigenvalue weighted by molar-refractivity contribution is 0.0993. The zero-order valence-electron chi connectivity index (χ0n) is 18.5. The van der Waals surface area contributed by atoms with Gasteiger partial charge in [0.2, 0.25) is 11.9 Å². The van der Waals surface area contributed by atoms with Gasteiger partial charge in [0.15, 0.2) is 5.78 Å². The van der Waals surface area contributed by atoms with Crippen molar-refractivity contribution in [1.29, 1.82) is 0 Å². The second-order valence-corrected chi connectivity index (χ2v) is 7.47. The Morgan fingerprint density at radius 3 is 2.67 bits per heavy atom. The van der Waals surface area contributed by atoms with Crippen LogP contribution in [0.3, 0.4) is 0 Å². The van der Waals surface area contributed by atoms with Gasteiger partial charge in [-0.3, -0.25) is 4.79 Å². The number of hydrogen-bond acceptors (Lipinski definition) is 8. The van der Waals surface area contributed by atoms with E-state index in [0.29, 0.717) is 48.5 Å². The number of nitrogens with zero attached hydrogens (tertiary/aromatic N) is 6. The number of ketones is 1. The number of hydrogen-bond donors (Lipinski definition) is 2. The minimum absolute atomic E-state index is 0.0248. The summed E-state index contributed by atoms with van der Waals surface area (Å²) in [5.41, 5.74) is 1.56. The van der Waals surface area contributed by atoms with Gasteiger partial charge in [0.05, 0.1) is 6.33 Å². The number of rotatable bonds is 11. The summed E-state index contributed by atoms with van der Waals surface area (Å²) in [6, 6.07) is 13.1. The highest BCUT2D eigenvalue weighted by Gasteiger charge is 2.11. The van der Waals surface area contributed by atoms with Gasteiger partial charge in [-0.15, -0.1) is 0 Å². The van der Waals surface area contributed by atoms with Crippen LogP contribution in [0.25, 0.3) is 0 Å². The molecule has 0 radical (unpaired) electrons. The highest BCUT2D eigenvalue weighted by atomic mass is 16.1. The molecule has 4 rings (SSSR count). The van der Waals surface area contributed by atoms with E-state index >= 15 is 0 Å². The fourth-order valence-electron chi connectivity index (χ4n) is 3.26. The standard InChI is InChI=1S/C24H26N8O/c1-2-21-28-23(27-10-6-13-32-14-12-25-17-32)31-24(29-21)30-22-16-19(9-11-26-22)20(33)15-18-7-4-3-5-8-18/h3-5,7-9,11-12,14,16-17H,2,6,10,13,15H2,1H3,(H2,26,27,28,29,30,31). The molecule has 0 fully saturated rings. The van der Waals surface area contributed by atoms with Crippen LogP contribution >= 0.6 is 0 Å². The van der Waals surface area contributed by atoms with Crippen LogP contribution in [0.15, 0.2) is 67.4 Å². The average molecular weight is 443 g/mol. The highest BCUT2D eigenvalue weighted by molar-refractivity contribution is 5.98. The van der Waals surface area contributed by atoms with Crippen LogP contribution in [0, 0.1) is 0 Å². The Hall–Kier alpha value is -4.14. The van der Waals surface area contributed by atoms with Gasteiger partial charge in [-0.25, -0.2) is 9.97 Å². The molecule has 0 saturated heterocycles. The zero-order chi connectivity index (χ0) is 22.9. The van der Waals surface area contributed by atoms with Gasteiger partial charge in [0.25, 0.3) is 0 Å². The summed E-state index contributed by atoms with van der Waals surface area (Å²) in [4.78, 5) is 34.4. The quantitative estimate of drug-likeness (QED) is 0.267. The van der Waals surface area contributed by atoms with Crippen molar-refractivity contribution in [3.63, 3.8) is 0 Å². The molecule has 168 valence electrons. The summed E-state index contributed by atoms with van der Waals surface area (Å²) in [5, 5.41) is 6.37. The van der Waals surface area contributed by atoms with Gasteiger partial charge in [0, 0.05) is 50.1 Å². The van der Waals surface area contributed by atoms with Crippen LogP contribution in [-0.4, -0.2) is 41.8 Å². The van der Waals surface area contributed by atoms with Crippen LogP contribution in [0.2, 0.25) is 0 Å². The molecule has 0 bridgehead atoms. The van der Waals surface area contributed by atoms with E-state index in [0.717, 1.165) is 18.5 Å². The highest BCUT2D eigenvalue weighted by Crippen LogP contribution is 2.15. The molecule has 0 saturated carbocycles. The van der Waals surface area contributed by atoms with Gasteiger partial charge in [-0.1, -0.05) is 37.3 Å². The number of aryl methyl sites for hydroxylation is 2. The lowest BCUT2D eigenvalue weighted by Crippen LogP contribution is -2.12. The smallest absolute Gasteiger partial charge is 0.233 e. The van der Waals surface area contributed by atoms with Gasteiger partial charge < -0.3 is 15.2 Å². The van der Waals surface area contributed by atoms with E-state index in [-0.39, 0.29) is 5.78 Å². The van der Waals surface area contributed by atoms with E-state index in [1.165, 1.54) is 0 Å². The molecule has 9 nitrogen and oxygen atoms in total. The van der Waals surface area contributed by atoms with Crippen molar-refractivity contribution in [3.8, 4) is 0 Å². The number of carbonyl (C=O) groups is 1. The van der Waals surface area contributed by atoms with E-state index in [9.17, 15) is 4.79 Å². The Balaban J connectivity index is 1.40. The van der Waals surface area contributed by atoms with Gasteiger partial charge in [0.1, 0.15) is 11.6 Å². The molecule has 1 aromatic carbocycles. The molecule has 2 N–H and O–H groups in total. The monoisotopic (exact) mass is 442 g/mol. The normalized spacial score (nSPS) is 10.7. The molecule has 0 aliphatic heterocycles. The third-order valence-corrected chi connectivity index (χ3v) is 4.96. The largest absolute Gasteiger partial charge is 0.354 e. The Morgan fingerprint density at radius 1 is 1.03 bits per heavy atom. The Kier molecular flexibility index (Phi) is 7.32. The molecule has 0 aliphatic carbocycles. The third-order valence-electron chi connectivity index (χ3n) is 4.96. The van der Waals surface area contributed by atoms with E-state index in [1.54, 1.807) is 30.9 Å². The third kappa shape index (κ3) is 6.42. The molecule has 9 heteroatoms. The number of pyridine rings is 1. The minimum atomic E-state index is 0.0248. The topological polar surface area (TPSA) is 111 Å².